The highest BCUT2D eigenvalue weighted by molar-refractivity contribution is 5.66. The van der Waals surface area contributed by atoms with E-state index in [4.69, 9.17) is 5.11 Å². The van der Waals surface area contributed by atoms with Crippen LogP contribution < -0.4 is 0 Å². The van der Waals surface area contributed by atoms with Gasteiger partial charge in [-0.3, -0.25) is 4.79 Å². The lowest BCUT2D eigenvalue weighted by atomic mass is 10.0. The Bertz CT molecular complexity index is 238. The second kappa shape index (κ2) is 8.48. The maximum Gasteiger partial charge on any atom is 0.303 e. The molecule has 0 aromatic heterocycles. The van der Waals surface area contributed by atoms with Crippen LogP contribution in [0.4, 0.5) is 0 Å². The van der Waals surface area contributed by atoms with Crippen molar-refractivity contribution in [3.05, 3.63) is 0 Å². The van der Waals surface area contributed by atoms with Gasteiger partial charge in [0.05, 0.1) is 0 Å². The molecule has 1 rings (SSSR count). The Hall–Kier alpha value is -0.610. The lowest BCUT2D eigenvalue weighted by Gasteiger charge is -2.36. The van der Waals surface area contributed by atoms with Gasteiger partial charge in [0, 0.05) is 12.5 Å². The zero-order chi connectivity index (χ0) is 13.4. The van der Waals surface area contributed by atoms with E-state index in [1.807, 2.05) is 0 Å². The molecule has 1 saturated heterocycles. The van der Waals surface area contributed by atoms with Gasteiger partial charge in [-0.1, -0.05) is 6.92 Å². The topological polar surface area (TPSA) is 43.8 Å². The standard InChI is InChI=1S/C14H28N2O2/c1-3-9-16-11-7-13(8-12-16)15(2)10-5-4-6-14(17)18/h13H,3-12H2,1-2H3,(H,17,18). The minimum absolute atomic E-state index is 0.308. The van der Waals surface area contributed by atoms with Crippen LogP contribution in [0.2, 0.25) is 0 Å². The van der Waals surface area contributed by atoms with Gasteiger partial charge in [-0.05, 0) is 65.3 Å². The van der Waals surface area contributed by atoms with Crippen molar-refractivity contribution in [2.24, 2.45) is 0 Å². The van der Waals surface area contributed by atoms with Crippen LogP contribution in [-0.4, -0.2) is 60.1 Å². The first-order valence-electron chi connectivity index (χ1n) is 7.28. The van der Waals surface area contributed by atoms with Crippen molar-refractivity contribution in [1.29, 1.82) is 0 Å². The third kappa shape index (κ3) is 5.83. The van der Waals surface area contributed by atoms with Crippen LogP contribution in [0, 0.1) is 0 Å². The van der Waals surface area contributed by atoms with Crippen LogP contribution in [0.1, 0.15) is 45.4 Å². The molecule has 0 aliphatic carbocycles. The summed E-state index contributed by atoms with van der Waals surface area (Å²) in [6, 6.07) is 0.697. The quantitative estimate of drug-likeness (QED) is 0.675. The molecule has 1 aliphatic heterocycles. The summed E-state index contributed by atoms with van der Waals surface area (Å²) in [5, 5.41) is 8.59. The fourth-order valence-corrected chi connectivity index (χ4v) is 2.72. The molecule has 18 heavy (non-hydrogen) atoms. The summed E-state index contributed by atoms with van der Waals surface area (Å²) >= 11 is 0. The van der Waals surface area contributed by atoms with E-state index >= 15 is 0 Å². The number of rotatable bonds is 8. The Morgan fingerprint density at radius 1 is 1.33 bits per heavy atom. The van der Waals surface area contributed by atoms with Crippen molar-refractivity contribution in [3.63, 3.8) is 0 Å². The molecule has 0 radical (unpaired) electrons. The molecule has 0 atom stereocenters. The molecule has 0 saturated carbocycles. The van der Waals surface area contributed by atoms with Crippen molar-refractivity contribution in [3.8, 4) is 0 Å². The number of piperidine rings is 1. The highest BCUT2D eigenvalue weighted by Gasteiger charge is 2.21. The van der Waals surface area contributed by atoms with Gasteiger partial charge in [0.2, 0.25) is 0 Å². The fraction of sp³-hybridized carbons (Fsp3) is 0.929. The average Bonchev–Trinajstić information content (AvgIpc) is 2.35. The van der Waals surface area contributed by atoms with Crippen molar-refractivity contribution >= 4 is 5.97 Å². The van der Waals surface area contributed by atoms with Crippen LogP contribution in [0.3, 0.4) is 0 Å². The smallest absolute Gasteiger partial charge is 0.303 e. The fourth-order valence-electron chi connectivity index (χ4n) is 2.72. The minimum Gasteiger partial charge on any atom is -0.481 e. The molecule has 1 heterocycles. The Balaban J connectivity index is 2.11. The number of carboxylic acid groups (broad SMARTS) is 1. The predicted octanol–water partition coefficient (Wildman–Crippen LogP) is 2.05. The number of hydrogen-bond donors (Lipinski definition) is 1. The molecule has 106 valence electrons. The Morgan fingerprint density at radius 3 is 2.56 bits per heavy atom. The zero-order valence-corrected chi connectivity index (χ0v) is 11.9. The molecule has 1 fully saturated rings. The summed E-state index contributed by atoms with van der Waals surface area (Å²) in [4.78, 5) is 15.4. The second-order valence-electron chi connectivity index (χ2n) is 5.40. The van der Waals surface area contributed by atoms with Crippen molar-refractivity contribution < 1.29 is 9.90 Å². The van der Waals surface area contributed by atoms with Crippen molar-refractivity contribution in [1.82, 2.24) is 9.80 Å². The first-order chi connectivity index (χ1) is 8.63. The first kappa shape index (κ1) is 15.4. The second-order valence-corrected chi connectivity index (χ2v) is 5.40. The molecular weight excluding hydrogens is 228 g/mol. The molecule has 0 aromatic carbocycles. The number of aliphatic carboxylic acids is 1. The summed E-state index contributed by atoms with van der Waals surface area (Å²) in [6.07, 6.45) is 5.87. The van der Waals surface area contributed by atoms with E-state index in [9.17, 15) is 4.79 Å². The molecule has 0 spiro atoms. The third-order valence-electron chi connectivity index (χ3n) is 3.87. The maximum atomic E-state index is 10.4. The number of likely N-dealkylation sites (tertiary alicyclic amines) is 1. The maximum absolute atomic E-state index is 10.4. The third-order valence-corrected chi connectivity index (χ3v) is 3.87. The number of nitrogens with zero attached hydrogens (tertiary/aromatic N) is 2. The molecule has 1 N–H and O–H groups in total. The van der Waals surface area contributed by atoms with Gasteiger partial charge >= 0.3 is 5.97 Å². The number of carboxylic acids is 1. The highest BCUT2D eigenvalue weighted by atomic mass is 16.4. The van der Waals surface area contributed by atoms with Crippen LogP contribution >= 0.6 is 0 Å². The molecule has 4 nitrogen and oxygen atoms in total. The van der Waals surface area contributed by atoms with Crippen LogP contribution in [-0.2, 0) is 4.79 Å². The van der Waals surface area contributed by atoms with Crippen LogP contribution in [0.5, 0.6) is 0 Å². The van der Waals surface area contributed by atoms with Gasteiger partial charge in [0.1, 0.15) is 0 Å². The molecular formula is C14H28N2O2. The highest BCUT2D eigenvalue weighted by Crippen LogP contribution is 2.16. The number of carbonyl (C=O) groups is 1. The summed E-state index contributed by atoms with van der Waals surface area (Å²) in [7, 11) is 2.18. The van der Waals surface area contributed by atoms with Crippen molar-refractivity contribution in [2.45, 2.75) is 51.5 Å². The lowest BCUT2D eigenvalue weighted by Crippen LogP contribution is -2.43. The normalized spacial score (nSPS) is 18.4. The van der Waals surface area contributed by atoms with Crippen LogP contribution in [0.15, 0.2) is 0 Å². The van der Waals surface area contributed by atoms with E-state index in [1.165, 1.54) is 38.9 Å². The predicted molar refractivity (Wildman–Crippen MR) is 73.9 cm³/mol. The molecule has 0 bridgehead atoms. The lowest BCUT2D eigenvalue weighted by molar-refractivity contribution is -0.137. The average molecular weight is 256 g/mol. The SMILES string of the molecule is CCCN1CCC(N(C)CCCCC(=O)O)CC1. The minimum atomic E-state index is -0.675. The summed E-state index contributed by atoms with van der Waals surface area (Å²) in [5.74, 6) is -0.675. The van der Waals surface area contributed by atoms with E-state index in [2.05, 4.69) is 23.8 Å². The largest absolute Gasteiger partial charge is 0.481 e. The van der Waals surface area contributed by atoms with Gasteiger partial charge in [0.25, 0.3) is 0 Å². The first-order valence-corrected chi connectivity index (χ1v) is 7.28. The molecule has 0 amide bonds. The van der Waals surface area contributed by atoms with Gasteiger partial charge < -0.3 is 14.9 Å². The molecule has 1 aliphatic rings. The molecule has 4 heteroatoms. The monoisotopic (exact) mass is 256 g/mol. The summed E-state index contributed by atoms with van der Waals surface area (Å²) in [5.41, 5.74) is 0. The Morgan fingerprint density at radius 2 is 2.00 bits per heavy atom. The summed E-state index contributed by atoms with van der Waals surface area (Å²) < 4.78 is 0. The molecule has 0 unspecified atom stereocenters. The van der Waals surface area contributed by atoms with Crippen LogP contribution in [0.25, 0.3) is 0 Å². The van der Waals surface area contributed by atoms with Gasteiger partial charge in [0.15, 0.2) is 0 Å². The Labute approximate surface area is 111 Å². The van der Waals surface area contributed by atoms with Crippen molar-refractivity contribution in [2.75, 3.05) is 33.2 Å². The van der Waals surface area contributed by atoms with E-state index in [0.717, 1.165) is 19.4 Å². The number of hydrogen-bond acceptors (Lipinski definition) is 3. The summed E-state index contributed by atoms with van der Waals surface area (Å²) in [6.45, 7) is 6.94. The van der Waals surface area contributed by atoms with E-state index in [-0.39, 0.29) is 0 Å². The zero-order valence-electron chi connectivity index (χ0n) is 11.9. The van der Waals surface area contributed by atoms with E-state index in [0.29, 0.717) is 12.5 Å². The van der Waals surface area contributed by atoms with Gasteiger partial charge in [-0.15, -0.1) is 0 Å². The Kier molecular flexibility index (Phi) is 7.28. The van der Waals surface area contributed by atoms with Gasteiger partial charge in [-0.2, -0.15) is 0 Å². The van der Waals surface area contributed by atoms with Gasteiger partial charge in [-0.25, -0.2) is 0 Å². The molecule has 0 aromatic rings. The number of unbranched alkanes of at least 4 members (excludes halogenated alkanes) is 1. The van der Waals surface area contributed by atoms with E-state index in [1.54, 1.807) is 0 Å². The van der Waals surface area contributed by atoms with E-state index < -0.39 is 5.97 Å².